The lowest BCUT2D eigenvalue weighted by atomic mass is 10.4. The Morgan fingerprint density at radius 1 is 1.53 bits per heavy atom. The highest BCUT2D eigenvalue weighted by atomic mass is 16.5. The third kappa shape index (κ3) is 5.38. The Hall–Kier alpha value is -2.10. The SMILES string of the molecule is C#CCNCC(=O)Nc1ccc(=O)n(CCOC)c1. The monoisotopic (exact) mass is 263 g/mol. The van der Waals surface area contributed by atoms with E-state index < -0.39 is 0 Å². The van der Waals surface area contributed by atoms with Crippen LogP contribution in [0.25, 0.3) is 0 Å². The van der Waals surface area contributed by atoms with Crippen molar-refractivity contribution in [3.05, 3.63) is 28.7 Å². The van der Waals surface area contributed by atoms with Crippen LogP contribution in [0.4, 0.5) is 5.69 Å². The molecule has 1 aromatic rings. The van der Waals surface area contributed by atoms with Gasteiger partial charge in [-0.05, 0) is 6.07 Å². The van der Waals surface area contributed by atoms with Crippen LogP contribution >= 0.6 is 0 Å². The van der Waals surface area contributed by atoms with Gasteiger partial charge in [-0.2, -0.15) is 0 Å². The molecule has 0 atom stereocenters. The highest BCUT2D eigenvalue weighted by molar-refractivity contribution is 5.92. The molecule has 1 aromatic heterocycles. The zero-order chi connectivity index (χ0) is 14.1. The van der Waals surface area contributed by atoms with Gasteiger partial charge in [-0.1, -0.05) is 5.92 Å². The summed E-state index contributed by atoms with van der Waals surface area (Å²) in [4.78, 5) is 23.1. The number of pyridine rings is 1. The van der Waals surface area contributed by atoms with Crippen LogP contribution in [0.5, 0.6) is 0 Å². The van der Waals surface area contributed by atoms with E-state index in [9.17, 15) is 9.59 Å². The lowest BCUT2D eigenvalue weighted by Crippen LogP contribution is -2.29. The van der Waals surface area contributed by atoms with Gasteiger partial charge in [0.2, 0.25) is 5.91 Å². The third-order valence-corrected chi connectivity index (χ3v) is 2.32. The predicted octanol–water partition coefficient (Wildman–Crippen LogP) is -0.344. The number of methoxy groups -OCH3 is 1. The summed E-state index contributed by atoms with van der Waals surface area (Å²) in [6.45, 7) is 1.33. The molecule has 1 heterocycles. The van der Waals surface area contributed by atoms with Crippen molar-refractivity contribution in [1.29, 1.82) is 0 Å². The van der Waals surface area contributed by atoms with Crippen LogP contribution in [-0.2, 0) is 16.1 Å². The Balaban J connectivity index is 2.61. The molecule has 1 amide bonds. The first-order chi connectivity index (χ1) is 9.17. The minimum absolute atomic E-state index is 0.126. The summed E-state index contributed by atoms with van der Waals surface area (Å²) < 4.78 is 6.39. The maximum atomic E-state index is 11.5. The number of amides is 1. The molecule has 0 unspecified atom stereocenters. The topological polar surface area (TPSA) is 72.4 Å². The summed E-state index contributed by atoms with van der Waals surface area (Å²) in [6.07, 6.45) is 6.64. The van der Waals surface area contributed by atoms with E-state index in [-0.39, 0.29) is 18.0 Å². The average molecular weight is 263 g/mol. The molecule has 6 heteroatoms. The van der Waals surface area contributed by atoms with Crippen molar-refractivity contribution >= 4 is 11.6 Å². The molecule has 0 radical (unpaired) electrons. The van der Waals surface area contributed by atoms with Crippen LogP contribution in [0.2, 0.25) is 0 Å². The fourth-order valence-corrected chi connectivity index (χ4v) is 1.42. The van der Waals surface area contributed by atoms with Crippen LogP contribution in [0.3, 0.4) is 0 Å². The Kier molecular flexibility index (Phi) is 6.36. The highest BCUT2D eigenvalue weighted by Crippen LogP contribution is 2.02. The van der Waals surface area contributed by atoms with Crippen molar-refractivity contribution in [2.75, 3.05) is 32.1 Å². The van der Waals surface area contributed by atoms with Gasteiger partial charge in [-0.15, -0.1) is 6.42 Å². The van der Waals surface area contributed by atoms with Gasteiger partial charge in [0, 0.05) is 25.9 Å². The number of nitrogens with one attached hydrogen (secondary N) is 2. The smallest absolute Gasteiger partial charge is 0.250 e. The molecule has 0 fully saturated rings. The van der Waals surface area contributed by atoms with Gasteiger partial charge in [0.25, 0.3) is 5.56 Å². The molecular weight excluding hydrogens is 246 g/mol. The van der Waals surface area contributed by atoms with Crippen LogP contribution < -0.4 is 16.2 Å². The summed E-state index contributed by atoms with van der Waals surface area (Å²) in [5, 5.41) is 5.45. The zero-order valence-corrected chi connectivity index (χ0v) is 10.8. The number of carbonyl (C=O) groups is 1. The quantitative estimate of drug-likeness (QED) is 0.521. The van der Waals surface area contributed by atoms with E-state index >= 15 is 0 Å². The average Bonchev–Trinajstić information content (AvgIpc) is 2.39. The molecule has 0 saturated heterocycles. The molecule has 2 N–H and O–H groups in total. The predicted molar refractivity (Wildman–Crippen MR) is 72.9 cm³/mol. The molecule has 0 aliphatic rings. The summed E-state index contributed by atoms with van der Waals surface area (Å²) in [6, 6.07) is 2.96. The second-order valence-electron chi connectivity index (χ2n) is 3.80. The maximum Gasteiger partial charge on any atom is 0.250 e. The van der Waals surface area contributed by atoms with E-state index in [2.05, 4.69) is 16.6 Å². The standard InChI is InChI=1S/C13H17N3O3/c1-3-6-14-9-12(17)15-11-4-5-13(18)16(10-11)7-8-19-2/h1,4-5,10,14H,6-9H2,2H3,(H,15,17). The van der Waals surface area contributed by atoms with Crippen molar-refractivity contribution in [1.82, 2.24) is 9.88 Å². The Morgan fingerprint density at radius 2 is 2.32 bits per heavy atom. The molecule has 0 aliphatic carbocycles. The minimum atomic E-state index is -0.216. The largest absolute Gasteiger partial charge is 0.383 e. The van der Waals surface area contributed by atoms with E-state index in [4.69, 9.17) is 11.2 Å². The number of rotatable bonds is 7. The van der Waals surface area contributed by atoms with Gasteiger partial charge >= 0.3 is 0 Å². The first-order valence-electron chi connectivity index (χ1n) is 5.81. The summed E-state index contributed by atoms with van der Waals surface area (Å²) >= 11 is 0. The van der Waals surface area contributed by atoms with Gasteiger partial charge in [0.15, 0.2) is 0 Å². The molecule has 0 aromatic carbocycles. The van der Waals surface area contributed by atoms with Gasteiger partial charge in [0.05, 0.1) is 25.4 Å². The number of terminal acetylenes is 1. The first kappa shape index (κ1) is 15.0. The lowest BCUT2D eigenvalue weighted by Gasteiger charge is -2.09. The van der Waals surface area contributed by atoms with Gasteiger partial charge in [0.1, 0.15) is 0 Å². The molecule has 1 rings (SSSR count). The third-order valence-electron chi connectivity index (χ3n) is 2.32. The van der Waals surface area contributed by atoms with Crippen molar-refractivity contribution in [3.63, 3.8) is 0 Å². The molecular formula is C13H17N3O3. The molecule has 0 bridgehead atoms. The fourth-order valence-electron chi connectivity index (χ4n) is 1.42. The fraction of sp³-hybridized carbons (Fsp3) is 0.385. The molecule has 6 nitrogen and oxygen atoms in total. The highest BCUT2D eigenvalue weighted by Gasteiger charge is 2.03. The van der Waals surface area contributed by atoms with Crippen molar-refractivity contribution in [3.8, 4) is 12.3 Å². The van der Waals surface area contributed by atoms with E-state index in [1.165, 1.54) is 10.6 Å². The second-order valence-corrected chi connectivity index (χ2v) is 3.80. The minimum Gasteiger partial charge on any atom is -0.383 e. The first-order valence-corrected chi connectivity index (χ1v) is 5.81. The van der Waals surface area contributed by atoms with Gasteiger partial charge in [-0.3, -0.25) is 14.9 Å². The summed E-state index contributed by atoms with van der Waals surface area (Å²) in [7, 11) is 1.56. The number of hydrogen-bond donors (Lipinski definition) is 2. The van der Waals surface area contributed by atoms with Crippen LogP contribution in [0, 0.1) is 12.3 Å². The number of nitrogens with zero attached hydrogens (tertiary/aromatic N) is 1. The van der Waals surface area contributed by atoms with E-state index in [0.717, 1.165) is 0 Å². The second kappa shape index (κ2) is 8.08. The Labute approximate surface area is 111 Å². The van der Waals surface area contributed by atoms with Crippen LogP contribution in [-0.4, -0.2) is 37.3 Å². The van der Waals surface area contributed by atoms with Crippen LogP contribution in [0.15, 0.2) is 23.1 Å². The number of hydrogen-bond acceptors (Lipinski definition) is 4. The number of carbonyl (C=O) groups excluding carboxylic acids is 1. The molecule has 0 saturated carbocycles. The van der Waals surface area contributed by atoms with E-state index in [0.29, 0.717) is 25.4 Å². The Morgan fingerprint density at radius 3 is 3.00 bits per heavy atom. The summed E-state index contributed by atoms with van der Waals surface area (Å²) in [5.74, 6) is 2.16. The number of ether oxygens (including phenoxy) is 1. The summed E-state index contributed by atoms with van der Waals surface area (Å²) in [5.41, 5.74) is 0.420. The van der Waals surface area contributed by atoms with E-state index in [1.807, 2.05) is 0 Å². The van der Waals surface area contributed by atoms with E-state index in [1.54, 1.807) is 19.4 Å². The zero-order valence-electron chi connectivity index (χ0n) is 10.8. The van der Waals surface area contributed by atoms with Crippen molar-refractivity contribution in [2.45, 2.75) is 6.54 Å². The maximum absolute atomic E-state index is 11.5. The molecule has 19 heavy (non-hydrogen) atoms. The molecule has 0 aliphatic heterocycles. The molecule has 0 spiro atoms. The van der Waals surface area contributed by atoms with Crippen molar-refractivity contribution < 1.29 is 9.53 Å². The normalized spacial score (nSPS) is 9.89. The van der Waals surface area contributed by atoms with Crippen LogP contribution in [0.1, 0.15) is 0 Å². The van der Waals surface area contributed by atoms with Gasteiger partial charge in [-0.25, -0.2) is 0 Å². The number of anilines is 1. The number of aromatic nitrogens is 1. The van der Waals surface area contributed by atoms with Gasteiger partial charge < -0.3 is 14.6 Å². The molecule has 102 valence electrons. The lowest BCUT2D eigenvalue weighted by molar-refractivity contribution is -0.115. The Bertz CT molecular complexity index is 517. The van der Waals surface area contributed by atoms with Crippen molar-refractivity contribution in [2.24, 2.45) is 0 Å².